The monoisotopic (exact) mass is 450 g/mol. The summed E-state index contributed by atoms with van der Waals surface area (Å²) >= 11 is 6.37. The predicted octanol–water partition coefficient (Wildman–Crippen LogP) is 3.09. The molecule has 2 aromatic heterocycles. The minimum absolute atomic E-state index is 0.218. The molecule has 4 aromatic rings. The SMILES string of the molecule is COc1cc(-n2cccc2)c(Cl)cc1C(=O)NCC(=O)Nc1ccc(-n2cncn2)cc1. The number of nitrogens with zero attached hydrogens (tertiary/aromatic N) is 4. The quantitative estimate of drug-likeness (QED) is 0.450. The third-order valence-corrected chi connectivity index (χ3v) is 4.94. The van der Waals surface area contributed by atoms with Gasteiger partial charge in [-0.05, 0) is 42.5 Å². The maximum atomic E-state index is 12.7. The van der Waals surface area contributed by atoms with Crippen molar-refractivity contribution in [1.29, 1.82) is 0 Å². The summed E-state index contributed by atoms with van der Waals surface area (Å²) in [6.45, 7) is -0.218. The predicted molar refractivity (Wildman–Crippen MR) is 120 cm³/mol. The smallest absolute Gasteiger partial charge is 0.255 e. The van der Waals surface area contributed by atoms with E-state index in [1.165, 1.54) is 19.5 Å². The van der Waals surface area contributed by atoms with Crippen LogP contribution in [0.2, 0.25) is 5.02 Å². The van der Waals surface area contributed by atoms with Gasteiger partial charge in [-0.2, -0.15) is 5.10 Å². The average Bonchev–Trinajstić information content (AvgIpc) is 3.52. The van der Waals surface area contributed by atoms with Crippen molar-refractivity contribution in [2.45, 2.75) is 0 Å². The number of aromatic nitrogens is 4. The Kier molecular flexibility index (Phi) is 6.18. The molecular formula is C22H19ClN6O3. The Morgan fingerprint density at radius 1 is 1.12 bits per heavy atom. The molecule has 10 heteroatoms. The second-order valence-electron chi connectivity index (χ2n) is 6.71. The number of halogens is 1. The Hall–Kier alpha value is -4.11. The number of hydrogen-bond donors (Lipinski definition) is 2. The molecule has 32 heavy (non-hydrogen) atoms. The van der Waals surface area contributed by atoms with Gasteiger partial charge in [0.05, 0.1) is 35.6 Å². The van der Waals surface area contributed by atoms with Gasteiger partial charge in [-0.25, -0.2) is 9.67 Å². The van der Waals surface area contributed by atoms with Crippen molar-refractivity contribution in [2.75, 3.05) is 19.0 Å². The summed E-state index contributed by atoms with van der Waals surface area (Å²) in [6, 6.07) is 14.0. The van der Waals surface area contributed by atoms with E-state index in [0.717, 1.165) is 5.69 Å². The summed E-state index contributed by atoms with van der Waals surface area (Å²) in [5, 5.41) is 9.74. The molecule has 4 rings (SSSR count). The van der Waals surface area contributed by atoms with Crippen molar-refractivity contribution < 1.29 is 14.3 Å². The van der Waals surface area contributed by atoms with Gasteiger partial charge >= 0.3 is 0 Å². The Labute approximate surface area is 188 Å². The highest BCUT2D eigenvalue weighted by Gasteiger charge is 2.17. The maximum Gasteiger partial charge on any atom is 0.255 e. The van der Waals surface area contributed by atoms with E-state index < -0.39 is 5.91 Å². The Morgan fingerprint density at radius 2 is 1.88 bits per heavy atom. The number of methoxy groups -OCH3 is 1. The van der Waals surface area contributed by atoms with Crippen LogP contribution < -0.4 is 15.4 Å². The largest absolute Gasteiger partial charge is 0.496 e. The van der Waals surface area contributed by atoms with Gasteiger partial charge in [0.25, 0.3) is 5.91 Å². The maximum absolute atomic E-state index is 12.7. The van der Waals surface area contributed by atoms with Gasteiger partial charge < -0.3 is 19.9 Å². The van der Waals surface area contributed by atoms with Crippen molar-refractivity contribution in [3.8, 4) is 17.1 Å². The van der Waals surface area contributed by atoms with E-state index >= 15 is 0 Å². The minimum Gasteiger partial charge on any atom is -0.496 e. The molecule has 2 amide bonds. The first-order valence-corrected chi connectivity index (χ1v) is 9.97. The molecule has 0 fully saturated rings. The lowest BCUT2D eigenvalue weighted by Gasteiger charge is -2.14. The first-order chi connectivity index (χ1) is 15.5. The number of hydrogen-bond acceptors (Lipinski definition) is 5. The van der Waals surface area contributed by atoms with Gasteiger partial charge in [0.2, 0.25) is 5.91 Å². The Bertz CT molecular complexity index is 1220. The number of rotatable bonds is 7. The highest BCUT2D eigenvalue weighted by Crippen LogP contribution is 2.30. The highest BCUT2D eigenvalue weighted by molar-refractivity contribution is 6.33. The average molecular weight is 451 g/mol. The van der Waals surface area contributed by atoms with Gasteiger partial charge in [-0.1, -0.05) is 11.6 Å². The number of carbonyl (C=O) groups excluding carboxylic acids is 2. The zero-order chi connectivity index (χ0) is 22.5. The zero-order valence-corrected chi connectivity index (χ0v) is 17.8. The van der Waals surface area contributed by atoms with E-state index in [-0.39, 0.29) is 18.0 Å². The fourth-order valence-electron chi connectivity index (χ4n) is 3.08. The zero-order valence-electron chi connectivity index (χ0n) is 17.0. The van der Waals surface area contributed by atoms with Crippen LogP contribution in [-0.2, 0) is 4.79 Å². The second-order valence-corrected chi connectivity index (χ2v) is 7.12. The molecule has 0 saturated heterocycles. The van der Waals surface area contributed by atoms with Crippen LogP contribution >= 0.6 is 11.6 Å². The molecule has 0 bridgehead atoms. The number of amides is 2. The lowest BCUT2D eigenvalue weighted by molar-refractivity contribution is -0.115. The van der Waals surface area contributed by atoms with E-state index in [1.807, 2.05) is 29.1 Å². The molecule has 2 heterocycles. The fourth-order valence-corrected chi connectivity index (χ4v) is 3.34. The molecule has 2 aromatic carbocycles. The molecule has 0 radical (unpaired) electrons. The molecule has 0 saturated carbocycles. The first kappa shape index (κ1) is 21.1. The van der Waals surface area contributed by atoms with Crippen LogP contribution in [0.3, 0.4) is 0 Å². The fraction of sp³-hybridized carbons (Fsp3) is 0.0909. The van der Waals surface area contributed by atoms with Crippen molar-refractivity contribution in [2.24, 2.45) is 0 Å². The standard InChI is InChI=1S/C22H19ClN6O3/c1-32-20-11-19(28-8-2-3-9-28)18(23)10-17(20)22(31)25-12-21(30)27-15-4-6-16(7-5-15)29-14-24-13-26-29/h2-11,13-14H,12H2,1H3,(H,25,31)(H,27,30). The third kappa shape index (κ3) is 4.62. The third-order valence-electron chi connectivity index (χ3n) is 4.64. The van der Waals surface area contributed by atoms with E-state index in [4.69, 9.17) is 16.3 Å². The van der Waals surface area contributed by atoms with E-state index in [0.29, 0.717) is 22.1 Å². The van der Waals surface area contributed by atoms with Crippen LogP contribution in [0.1, 0.15) is 10.4 Å². The van der Waals surface area contributed by atoms with Crippen LogP contribution in [0.5, 0.6) is 5.75 Å². The Morgan fingerprint density at radius 3 is 2.53 bits per heavy atom. The molecule has 0 aliphatic heterocycles. The molecule has 162 valence electrons. The van der Waals surface area contributed by atoms with Gasteiger partial charge in [0.15, 0.2) is 0 Å². The van der Waals surface area contributed by atoms with Crippen LogP contribution in [0, 0.1) is 0 Å². The lowest BCUT2D eigenvalue weighted by Crippen LogP contribution is -2.33. The first-order valence-electron chi connectivity index (χ1n) is 9.59. The summed E-state index contributed by atoms with van der Waals surface area (Å²) in [6.07, 6.45) is 6.69. The van der Waals surface area contributed by atoms with E-state index in [1.54, 1.807) is 41.3 Å². The number of nitrogens with one attached hydrogen (secondary N) is 2. The number of anilines is 1. The van der Waals surface area contributed by atoms with Crippen molar-refractivity contribution in [1.82, 2.24) is 24.6 Å². The summed E-state index contributed by atoms with van der Waals surface area (Å²) in [7, 11) is 1.47. The normalized spacial score (nSPS) is 10.6. The molecule has 0 unspecified atom stereocenters. The molecule has 0 spiro atoms. The lowest BCUT2D eigenvalue weighted by atomic mass is 10.1. The van der Waals surface area contributed by atoms with Gasteiger partial charge in [-0.15, -0.1) is 0 Å². The number of carbonyl (C=O) groups is 2. The van der Waals surface area contributed by atoms with Crippen molar-refractivity contribution >= 4 is 29.1 Å². The van der Waals surface area contributed by atoms with E-state index in [2.05, 4.69) is 20.7 Å². The highest BCUT2D eigenvalue weighted by atomic mass is 35.5. The summed E-state index contributed by atoms with van der Waals surface area (Å²) in [5.74, 6) is -0.500. The van der Waals surface area contributed by atoms with Crippen LogP contribution in [0.15, 0.2) is 73.6 Å². The van der Waals surface area contributed by atoms with Crippen LogP contribution in [0.25, 0.3) is 11.4 Å². The molecule has 0 aliphatic rings. The molecule has 0 atom stereocenters. The second kappa shape index (κ2) is 9.36. The van der Waals surface area contributed by atoms with Crippen molar-refractivity contribution in [3.05, 3.63) is 84.2 Å². The number of benzene rings is 2. The van der Waals surface area contributed by atoms with E-state index in [9.17, 15) is 9.59 Å². The molecule has 2 N–H and O–H groups in total. The summed E-state index contributed by atoms with van der Waals surface area (Å²) < 4.78 is 8.78. The summed E-state index contributed by atoms with van der Waals surface area (Å²) in [4.78, 5) is 28.8. The molecule has 0 aliphatic carbocycles. The number of ether oxygens (including phenoxy) is 1. The molecule has 9 nitrogen and oxygen atoms in total. The molecular weight excluding hydrogens is 432 g/mol. The summed E-state index contributed by atoms with van der Waals surface area (Å²) in [5.41, 5.74) is 2.31. The van der Waals surface area contributed by atoms with Gasteiger partial charge in [0.1, 0.15) is 18.4 Å². The van der Waals surface area contributed by atoms with Crippen LogP contribution in [-0.4, -0.2) is 44.8 Å². The van der Waals surface area contributed by atoms with Gasteiger partial charge in [0, 0.05) is 24.1 Å². The topological polar surface area (TPSA) is 103 Å². The van der Waals surface area contributed by atoms with Crippen molar-refractivity contribution in [3.63, 3.8) is 0 Å². The Balaban J connectivity index is 1.39. The van der Waals surface area contributed by atoms with Crippen LogP contribution in [0.4, 0.5) is 5.69 Å². The minimum atomic E-state index is -0.473. The van der Waals surface area contributed by atoms with Gasteiger partial charge in [-0.3, -0.25) is 9.59 Å².